The van der Waals surface area contributed by atoms with E-state index in [4.69, 9.17) is 9.15 Å². The van der Waals surface area contributed by atoms with Gasteiger partial charge in [0.15, 0.2) is 17.0 Å². The van der Waals surface area contributed by atoms with Crippen LogP contribution in [0.5, 0.6) is 5.75 Å². The number of ether oxygens (including phenoxy) is 1. The number of carbonyl (C=O) groups is 1. The quantitative estimate of drug-likeness (QED) is 0.928. The summed E-state index contributed by atoms with van der Waals surface area (Å²) in [6, 6.07) is 3.74. The topological polar surface area (TPSA) is 76.7 Å². The van der Waals surface area contributed by atoms with E-state index in [1.807, 2.05) is 19.1 Å². The number of methoxy groups -OCH3 is 1. The predicted octanol–water partition coefficient (Wildman–Crippen LogP) is 2.01. The number of hydrogen-bond acceptors (Lipinski definition) is 5. The minimum atomic E-state index is -0.0645. The van der Waals surface area contributed by atoms with Gasteiger partial charge in [0.2, 0.25) is 5.91 Å². The maximum absolute atomic E-state index is 11.2. The summed E-state index contributed by atoms with van der Waals surface area (Å²) in [5.74, 6) is 1.27. The minimum absolute atomic E-state index is 0.0645. The van der Waals surface area contributed by atoms with Crippen molar-refractivity contribution < 1.29 is 13.9 Å². The van der Waals surface area contributed by atoms with E-state index in [0.717, 1.165) is 11.3 Å². The highest BCUT2D eigenvalue weighted by Gasteiger charge is 2.20. The molecule has 2 heterocycles. The SMILES string of the molecule is CCc1nc2c(OC)ccc(C3=NNC(=O)CC3)c2o1. The molecule has 0 unspecified atom stereocenters. The third-order valence-electron chi connectivity index (χ3n) is 3.29. The number of hydrazone groups is 1. The van der Waals surface area contributed by atoms with Crippen molar-refractivity contribution in [1.82, 2.24) is 10.4 Å². The number of amides is 1. The van der Waals surface area contributed by atoms with Gasteiger partial charge in [-0.3, -0.25) is 4.79 Å². The molecule has 0 radical (unpaired) electrons. The maximum Gasteiger partial charge on any atom is 0.240 e. The number of rotatable bonds is 3. The predicted molar refractivity (Wildman–Crippen MR) is 73.9 cm³/mol. The Labute approximate surface area is 115 Å². The summed E-state index contributed by atoms with van der Waals surface area (Å²) < 4.78 is 11.1. The van der Waals surface area contributed by atoms with Crippen LogP contribution >= 0.6 is 0 Å². The van der Waals surface area contributed by atoms with Gasteiger partial charge >= 0.3 is 0 Å². The lowest BCUT2D eigenvalue weighted by atomic mass is 10.0. The van der Waals surface area contributed by atoms with E-state index in [9.17, 15) is 4.79 Å². The summed E-state index contributed by atoms with van der Waals surface area (Å²) in [6.07, 6.45) is 1.73. The van der Waals surface area contributed by atoms with Crippen LogP contribution in [0.3, 0.4) is 0 Å². The van der Waals surface area contributed by atoms with Gasteiger partial charge < -0.3 is 9.15 Å². The van der Waals surface area contributed by atoms with Gasteiger partial charge in [0.25, 0.3) is 0 Å². The highest BCUT2D eigenvalue weighted by molar-refractivity contribution is 6.11. The van der Waals surface area contributed by atoms with Gasteiger partial charge in [-0.2, -0.15) is 5.10 Å². The van der Waals surface area contributed by atoms with Crippen molar-refractivity contribution in [3.05, 3.63) is 23.6 Å². The molecule has 6 nitrogen and oxygen atoms in total. The molecule has 0 spiro atoms. The lowest BCUT2D eigenvalue weighted by Gasteiger charge is -2.12. The lowest BCUT2D eigenvalue weighted by molar-refractivity contribution is -0.121. The number of hydrogen-bond donors (Lipinski definition) is 1. The van der Waals surface area contributed by atoms with Gasteiger partial charge in [-0.15, -0.1) is 0 Å². The molecule has 0 saturated heterocycles. The van der Waals surface area contributed by atoms with Crippen molar-refractivity contribution in [2.24, 2.45) is 5.10 Å². The molecule has 6 heteroatoms. The fourth-order valence-corrected chi connectivity index (χ4v) is 2.24. The lowest BCUT2D eigenvalue weighted by Crippen LogP contribution is -2.25. The Balaban J connectivity index is 2.16. The fourth-order valence-electron chi connectivity index (χ4n) is 2.24. The summed E-state index contributed by atoms with van der Waals surface area (Å²) in [5, 5.41) is 4.11. The molecule has 2 aromatic rings. The number of fused-ring (bicyclic) bond motifs is 1. The van der Waals surface area contributed by atoms with Crippen LogP contribution in [0, 0.1) is 0 Å². The van der Waals surface area contributed by atoms with Crippen LogP contribution in [0.25, 0.3) is 11.1 Å². The molecule has 0 aliphatic carbocycles. The third-order valence-corrected chi connectivity index (χ3v) is 3.29. The molecular weight excluding hydrogens is 258 g/mol. The Bertz CT molecular complexity index is 703. The normalized spacial score (nSPS) is 15.1. The largest absolute Gasteiger partial charge is 0.494 e. The first-order valence-electron chi connectivity index (χ1n) is 6.55. The van der Waals surface area contributed by atoms with Crippen LogP contribution in [-0.4, -0.2) is 23.7 Å². The van der Waals surface area contributed by atoms with Crippen LogP contribution in [0.1, 0.15) is 31.2 Å². The highest BCUT2D eigenvalue weighted by atomic mass is 16.5. The van der Waals surface area contributed by atoms with Crippen LogP contribution in [0.4, 0.5) is 0 Å². The maximum atomic E-state index is 11.2. The fraction of sp³-hybridized carbons (Fsp3) is 0.357. The summed E-state index contributed by atoms with van der Waals surface area (Å²) in [5.41, 5.74) is 5.52. The first-order valence-corrected chi connectivity index (χ1v) is 6.55. The summed E-state index contributed by atoms with van der Waals surface area (Å²) in [4.78, 5) is 15.6. The molecule has 1 aromatic heterocycles. The molecular formula is C14H15N3O3. The Hall–Kier alpha value is -2.37. The average Bonchev–Trinajstić information content (AvgIpc) is 2.91. The number of oxazole rings is 1. The molecule has 0 bridgehead atoms. The smallest absolute Gasteiger partial charge is 0.240 e. The van der Waals surface area contributed by atoms with E-state index in [1.165, 1.54) is 0 Å². The molecule has 0 atom stereocenters. The molecule has 1 aliphatic rings. The van der Waals surface area contributed by atoms with Crippen molar-refractivity contribution >= 4 is 22.7 Å². The molecule has 20 heavy (non-hydrogen) atoms. The number of benzene rings is 1. The molecule has 0 fully saturated rings. The third kappa shape index (κ3) is 2.03. The second-order valence-electron chi connectivity index (χ2n) is 4.55. The Morgan fingerprint density at radius 2 is 2.25 bits per heavy atom. The molecule has 1 N–H and O–H groups in total. The van der Waals surface area contributed by atoms with Gasteiger partial charge in [0, 0.05) is 24.8 Å². The van der Waals surface area contributed by atoms with Crippen molar-refractivity contribution in [1.29, 1.82) is 0 Å². The van der Waals surface area contributed by atoms with E-state index in [-0.39, 0.29) is 5.91 Å². The van der Waals surface area contributed by atoms with Crippen molar-refractivity contribution in [3.63, 3.8) is 0 Å². The van der Waals surface area contributed by atoms with Gasteiger partial charge in [-0.25, -0.2) is 10.4 Å². The highest BCUT2D eigenvalue weighted by Crippen LogP contribution is 2.30. The van der Waals surface area contributed by atoms with Crippen molar-refractivity contribution in [2.45, 2.75) is 26.2 Å². The van der Waals surface area contributed by atoms with E-state index >= 15 is 0 Å². The van der Waals surface area contributed by atoms with Crippen LogP contribution < -0.4 is 10.2 Å². The Morgan fingerprint density at radius 3 is 2.90 bits per heavy atom. The number of nitrogens with zero attached hydrogens (tertiary/aromatic N) is 2. The molecule has 1 amide bonds. The van der Waals surface area contributed by atoms with Crippen LogP contribution in [0.15, 0.2) is 21.7 Å². The van der Waals surface area contributed by atoms with Crippen LogP contribution in [-0.2, 0) is 11.2 Å². The van der Waals surface area contributed by atoms with E-state index < -0.39 is 0 Å². The van der Waals surface area contributed by atoms with Gasteiger partial charge in [-0.1, -0.05) is 6.92 Å². The van der Waals surface area contributed by atoms with Crippen molar-refractivity contribution in [3.8, 4) is 5.75 Å². The van der Waals surface area contributed by atoms with E-state index in [2.05, 4.69) is 15.5 Å². The molecule has 104 valence electrons. The molecule has 1 aliphatic heterocycles. The van der Waals surface area contributed by atoms with Gasteiger partial charge in [0.05, 0.1) is 12.8 Å². The van der Waals surface area contributed by atoms with E-state index in [0.29, 0.717) is 42.0 Å². The zero-order valence-corrected chi connectivity index (χ0v) is 11.4. The first-order chi connectivity index (χ1) is 9.72. The first kappa shape index (κ1) is 12.7. The summed E-state index contributed by atoms with van der Waals surface area (Å²) in [7, 11) is 1.60. The second-order valence-corrected chi connectivity index (χ2v) is 4.55. The van der Waals surface area contributed by atoms with Crippen LogP contribution in [0.2, 0.25) is 0 Å². The van der Waals surface area contributed by atoms with Gasteiger partial charge in [-0.05, 0) is 12.1 Å². The number of aromatic nitrogens is 1. The molecule has 3 rings (SSSR count). The van der Waals surface area contributed by atoms with E-state index in [1.54, 1.807) is 7.11 Å². The number of aryl methyl sites for hydroxylation is 1. The monoisotopic (exact) mass is 273 g/mol. The minimum Gasteiger partial charge on any atom is -0.494 e. The van der Waals surface area contributed by atoms with Crippen molar-refractivity contribution in [2.75, 3.05) is 7.11 Å². The second kappa shape index (κ2) is 4.96. The standard InChI is InChI=1S/C14H15N3O3/c1-3-12-15-13-10(19-2)6-4-8(14(13)20-12)9-5-7-11(18)17-16-9/h4,6H,3,5,7H2,1-2H3,(H,17,18). The number of carbonyl (C=O) groups excluding carboxylic acids is 1. The summed E-state index contributed by atoms with van der Waals surface area (Å²) >= 11 is 0. The average molecular weight is 273 g/mol. The molecule has 1 aromatic carbocycles. The Morgan fingerprint density at radius 1 is 1.40 bits per heavy atom. The summed E-state index contributed by atoms with van der Waals surface area (Å²) in [6.45, 7) is 1.98. The molecule has 0 saturated carbocycles. The zero-order chi connectivity index (χ0) is 14.1. The zero-order valence-electron chi connectivity index (χ0n) is 11.4. The van der Waals surface area contributed by atoms with Gasteiger partial charge in [0.1, 0.15) is 5.75 Å². The Kier molecular flexibility index (Phi) is 3.14. The number of nitrogens with one attached hydrogen (secondary N) is 1.